The lowest BCUT2D eigenvalue weighted by Gasteiger charge is -2.33. The average molecular weight is 820 g/mol. The Morgan fingerprint density at radius 1 is 0.203 bits per heavy atom. The SMILES string of the molecule is c1ccc(N(c2ccccc2)c2cc(N(c3ccccc3)c3ccc4ccccc4c3)cc(N(c3ccccc3)c3ccc4ccc5cc6oc7ccccc7c6cc5c4c3)c2)cc1. The number of hydrogen-bond acceptors (Lipinski definition) is 4. The Kier molecular flexibility index (Phi) is 9.12. The summed E-state index contributed by atoms with van der Waals surface area (Å²) in [6, 6.07) is 89.2. The molecule has 0 radical (unpaired) electrons. The lowest BCUT2D eigenvalue weighted by Crippen LogP contribution is -2.16. The molecule has 0 unspecified atom stereocenters. The summed E-state index contributed by atoms with van der Waals surface area (Å²) in [6.07, 6.45) is 0. The highest BCUT2D eigenvalue weighted by Gasteiger charge is 2.23. The molecule has 0 aliphatic rings. The summed E-state index contributed by atoms with van der Waals surface area (Å²) in [5.41, 5.74) is 11.2. The molecule has 0 fully saturated rings. The van der Waals surface area contributed by atoms with E-state index in [1.54, 1.807) is 0 Å². The maximum Gasteiger partial charge on any atom is 0.136 e. The van der Waals surface area contributed by atoms with Crippen molar-refractivity contribution in [2.75, 3.05) is 14.7 Å². The topological polar surface area (TPSA) is 22.9 Å². The fourth-order valence-corrected chi connectivity index (χ4v) is 9.33. The van der Waals surface area contributed by atoms with E-state index in [0.717, 1.165) is 78.5 Å². The molecule has 4 heteroatoms. The lowest BCUT2D eigenvalue weighted by molar-refractivity contribution is 0.669. The molecule has 0 aliphatic carbocycles. The molecular formula is C60H41N3O. The molecular weight excluding hydrogens is 779 g/mol. The number of fused-ring (bicyclic) bond motifs is 7. The van der Waals surface area contributed by atoms with Gasteiger partial charge in [-0.1, -0.05) is 140 Å². The van der Waals surface area contributed by atoms with Crippen molar-refractivity contribution in [2.24, 2.45) is 0 Å². The van der Waals surface area contributed by atoms with Crippen LogP contribution in [0.25, 0.3) is 54.3 Å². The zero-order valence-corrected chi connectivity index (χ0v) is 34.9. The van der Waals surface area contributed by atoms with Gasteiger partial charge in [0.2, 0.25) is 0 Å². The van der Waals surface area contributed by atoms with Crippen LogP contribution in [-0.2, 0) is 0 Å². The molecule has 1 aromatic heterocycles. The Morgan fingerprint density at radius 2 is 0.625 bits per heavy atom. The van der Waals surface area contributed by atoms with Gasteiger partial charge in [0.1, 0.15) is 11.2 Å². The first kappa shape index (κ1) is 37.2. The van der Waals surface area contributed by atoms with Crippen molar-refractivity contribution in [3.05, 3.63) is 249 Å². The molecule has 64 heavy (non-hydrogen) atoms. The van der Waals surface area contributed by atoms with Crippen LogP contribution in [0.1, 0.15) is 0 Å². The Balaban J connectivity index is 1.13. The van der Waals surface area contributed by atoms with Crippen LogP contribution in [0, 0.1) is 0 Å². The second kappa shape index (κ2) is 15.7. The molecule has 0 saturated carbocycles. The number of anilines is 9. The van der Waals surface area contributed by atoms with E-state index in [9.17, 15) is 0 Å². The maximum atomic E-state index is 6.34. The third-order valence-electron chi connectivity index (χ3n) is 12.3. The van der Waals surface area contributed by atoms with Crippen LogP contribution in [0.4, 0.5) is 51.2 Å². The highest BCUT2D eigenvalue weighted by Crippen LogP contribution is 2.47. The third kappa shape index (κ3) is 6.66. The van der Waals surface area contributed by atoms with Crippen LogP contribution in [0.5, 0.6) is 0 Å². The van der Waals surface area contributed by atoms with Gasteiger partial charge in [0.15, 0.2) is 0 Å². The molecule has 0 saturated heterocycles. The smallest absolute Gasteiger partial charge is 0.136 e. The van der Waals surface area contributed by atoms with Gasteiger partial charge >= 0.3 is 0 Å². The minimum atomic E-state index is 0.898. The van der Waals surface area contributed by atoms with Gasteiger partial charge in [-0.15, -0.1) is 0 Å². The summed E-state index contributed by atoms with van der Waals surface area (Å²) in [5.74, 6) is 0. The summed E-state index contributed by atoms with van der Waals surface area (Å²) in [5, 5.41) is 9.31. The molecule has 4 nitrogen and oxygen atoms in total. The van der Waals surface area contributed by atoms with E-state index < -0.39 is 0 Å². The van der Waals surface area contributed by atoms with Crippen LogP contribution in [0.15, 0.2) is 253 Å². The van der Waals surface area contributed by atoms with Crippen molar-refractivity contribution >= 4 is 105 Å². The molecule has 0 N–H and O–H groups in total. The van der Waals surface area contributed by atoms with Gasteiger partial charge < -0.3 is 19.1 Å². The largest absolute Gasteiger partial charge is 0.456 e. The van der Waals surface area contributed by atoms with E-state index in [-0.39, 0.29) is 0 Å². The first-order valence-corrected chi connectivity index (χ1v) is 21.7. The van der Waals surface area contributed by atoms with Crippen molar-refractivity contribution in [2.45, 2.75) is 0 Å². The highest BCUT2D eigenvalue weighted by atomic mass is 16.3. The maximum absolute atomic E-state index is 6.34. The van der Waals surface area contributed by atoms with Gasteiger partial charge in [-0.05, 0) is 142 Å². The van der Waals surface area contributed by atoms with Gasteiger partial charge in [0, 0.05) is 44.9 Å². The molecule has 0 atom stereocenters. The summed E-state index contributed by atoms with van der Waals surface area (Å²) in [7, 11) is 0. The van der Waals surface area contributed by atoms with Crippen LogP contribution in [0.3, 0.4) is 0 Å². The Bertz CT molecular complexity index is 3590. The molecule has 11 aromatic carbocycles. The predicted molar refractivity (Wildman–Crippen MR) is 270 cm³/mol. The molecule has 0 bridgehead atoms. The highest BCUT2D eigenvalue weighted by molar-refractivity contribution is 6.17. The zero-order chi connectivity index (χ0) is 42.4. The Hall–Kier alpha value is -8.60. The van der Waals surface area contributed by atoms with E-state index in [0.29, 0.717) is 0 Å². The number of benzene rings is 11. The normalized spacial score (nSPS) is 11.4. The number of nitrogens with zero attached hydrogens (tertiary/aromatic N) is 3. The van der Waals surface area contributed by atoms with E-state index >= 15 is 0 Å². The van der Waals surface area contributed by atoms with Crippen LogP contribution >= 0.6 is 0 Å². The van der Waals surface area contributed by atoms with Gasteiger partial charge in [0.25, 0.3) is 0 Å². The van der Waals surface area contributed by atoms with Crippen LogP contribution in [-0.4, -0.2) is 0 Å². The molecule has 12 aromatic rings. The summed E-state index contributed by atoms with van der Waals surface area (Å²) in [6.45, 7) is 0. The Morgan fingerprint density at radius 3 is 1.20 bits per heavy atom. The number of rotatable bonds is 9. The van der Waals surface area contributed by atoms with Crippen molar-refractivity contribution in [3.63, 3.8) is 0 Å². The van der Waals surface area contributed by atoms with Crippen LogP contribution < -0.4 is 14.7 Å². The first-order valence-electron chi connectivity index (χ1n) is 21.7. The van der Waals surface area contributed by atoms with E-state index in [2.05, 4.69) is 251 Å². The van der Waals surface area contributed by atoms with Crippen molar-refractivity contribution in [1.82, 2.24) is 0 Å². The molecule has 0 aliphatic heterocycles. The van der Waals surface area contributed by atoms with E-state index in [4.69, 9.17) is 4.42 Å². The van der Waals surface area contributed by atoms with Crippen LogP contribution in [0.2, 0.25) is 0 Å². The van der Waals surface area contributed by atoms with Crippen molar-refractivity contribution < 1.29 is 4.42 Å². The quantitative estimate of drug-likeness (QED) is 0.135. The van der Waals surface area contributed by atoms with Gasteiger partial charge in [-0.2, -0.15) is 0 Å². The summed E-state index contributed by atoms with van der Waals surface area (Å²) >= 11 is 0. The first-order chi connectivity index (χ1) is 31.7. The van der Waals surface area contributed by atoms with Crippen molar-refractivity contribution in [3.8, 4) is 0 Å². The number of para-hydroxylation sites is 5. The van der Waals surface area contributed by atoms with Gasteiger partial charge in [-0.3, -0.25) is 0 Å². The molecule has 1 heterocycles. The second-order valence-corrected chi connectivity index (χ2v) is 16.2. The Labute approximate surface area is 371 Å². The molecule has 302 valence electrons. The molecule has 0 spiro atoms. The number of hydrogen-bond donors (Lipinski definition) is 0. The van der Waals surface area contributed by atoms with E-state index in [1.165, 1.54) is 26.9 Å². The van der Waals surface area contributed by atoms with Gasteiger partial charge in [-0.25, -0.2) is 0 Å². The predicted octanol–water partition coefficient (Wildman–Crippen LogP) is 17.5. The minimum Gasteiger partial charge on any atom is -0.456 e. The number of furan rings is 1. The third-order valence-corrected chi connectivity index (χ3v) is 12.3. The fraction of sp³-hybridized carbons (Fsp3) is 0. The fourth-order valence-electron chi connectivity index (χ4n) is 9.33. The molecule has 12 rings (SSSR count). The monoisotopic (exact) mass is 819 g/mol. The van der Waals surface area contributed by atoms with Gasteiger partial charge in [0.05, 0.1) is 17.1 Å². The standard InChI is InChI=1S/C60H41N3O/c1-5-19-46(20-6-1)61(47-21-7-2-8-22-47)52-37-53(62(48-23-9-3-10-24-48)50-33-31-42-17-13-14-18-44(42)35-50)39-54(38-52)63(49-25-11-4-12-26-49)51-34-32-43-29-30-45-36-60-58(41-57(45)56(43)40-51)55-27-15-16-28-59(55)64-60/h1-41H. The van der Waals surface area contributed by atoms with E-state index in [1.807, 2.05) is 12.1 Å². The second-order valence-electron chi connectivity index (χ2n) is 16.2. The zero-order valence-electron chi connectivity index (χ0n) is 34.9. The summed E-state index contributed by atoms with van der Waals surface area (Å²) in [4.78, 5) is 7.13. The minimum absolute atomic E-state index is 0.898. The summed E-state index contributed by atoms with van der Waals surface area (Å²) < 4.78 is 6.34. The molecule has 0 amide bonds. The van der Waals surface area contributed by atoms with Crippen molar-refractivity contribution in [1.29, 1.82) is 0 Å². The lowest BCUT2D eigenvalue weighted by atomic mass is 9.99. The average Bonchev–Trinajstić information content (AvgIpc) is 3.72.